The third-order valence-electron chi connectivity index (χ3n) is 8.95. The number of phenolic OH excluding ortho intramolecular Hbond substituents is 3. The second kappa shape index (κ2) is 14.1. The molecule has 218 valence electrons. The SMILES string of the molecule is CCCCc1ccc(C(CCC)(c2ccc(CCCC)c(O)c2C)c2ccc(CCCC)c(O)c2C)c(C)c1O. The first-order valence-electron chi connectivity index (χ1n) is 15.6. The first-order valence-corrected chi connectivity index (χ1v) is 15.6. The van der Waals surface area contributed by atoms with Crippen LogP contribution in [0.5, 0.6) is 17.2 Å². The quantitative estimate of drug-likeness (QED) is 0.177. The van der Waals surface area contributed by atoms with Crippen LogP contribution in [-0.4, -0.2) is 15.3 Å². The molecule has 0 radical (unpaired) electrons. The number of rotatable bonds is 14. The van der Waals surface area contributed by atoms with Crippen molar-refractivity contribution in [3.8, 4) is 17.2 Å². The Labute approximate surface area is 243 Å². The highest BCUT2D eigenvalue weighted by Gasteiger charge is 2.41. The van der Waals surface area contributed by atoms with Crippen LogP contribution in [0.3, 0.4) is 0 Å². The fraction of sp³-hybridized carbons (Fsp3) is 0.514. The molecule has 0 aromatic heterocycles. The second-order valence-electron chi connectivity index (χ2n) is 11.7. The largest absolute Gasteiger partial charge is 0.507 e. The van der Waals surface area contributed by atoms with Crippen LogP contribution in [0.2, 0.25) is 0 Å². The summed E-state index contributed by atoms with van der Waals surface area (Å²) in [5, 5.41) is 34.4. The number of aryl methyl sites for hydroxylation is 3. The smallest absolute Gasteiger partial charge is 0.121 e. The maximum atomic E-state index is 11.5. The van der Waals surface area contributed by atoms with Gasteiger partial charge in [0.1, 0.15) is 17.2 Å². The molecule has 3 heteroatoms. The summed E-state index contributed by atoms with van der Waals surface area (Å²) in [6.07, 6.45) is 10.5. The minimum absolute atomic E-state index is 0.370. The lowest BCUT2D eigenvalue weighted by Gasteiger charge is -2.40. The normalized spacial score (nSPS) is 11.8. The average Bonchev–Trinajstić information content (AvgIpc) is 2.95. The molecular formula is C37H52O3. The van der Waals surface area contributed by atoms with E-state index in [0.717, 1.165) is 121 Å². The molecule has 0 unspecified atom stereocenters. The highest BCUT2D eigenvalue weighted by Crippen LogP contribution is 2.51. The molecule has 3 aromatic carbocycles. The van der Waals surface area contributed by atoms with E-state index < -0.39 is 5.41 Å². The Kier molecular flexibility index (Phi) is 11.1. The van der Waals surface area contributed by atoms with Crippen LogP contribution in [0.25, 0.3) is 0 Å². The van der Waals surface area contributed by atoms with E-state index in [9.17, 15) is 15.3 Å². The van der Waals surface area contributed by atoms with Gasteiger partial charge in [0.05, 0.1) is 0 Å². The highest BCUT2D eigenvalue weighted by atomic mass is 16.3. The van der Waals surface area contributed by atoms with E-state index in [1.807, 2.05) is 20.8 Å². The van der Waals surface area contributed by atoms with E-state index in [2.05, 4.69) is 64.1 Å². The Bertz CT molecular complexity index is 1130. The average molecular weight is 545 g/mol. The van der Waals surface area contributed by atoms with Crippen molar-refractivity contribution in [3.63, 3.8) is 0 Å². The third-order valence-corrected chi connectivity index (χ3v) is 8.95. The fourth-order valence-electron chi connectivity index (χ4n) is 6.58. The maximum absolute atomic E-state index is 11.5. The summed E-state index contributed by atoms with van der Waals surface area (Å²) < 4.78 is 0. The number of phenols is 3. The summed E-state index contributed by atoms with van der Waals surface area (Å²) in [6, 6.07) is 12.9. The number of hydrogen-bond acceptors (Lipinski definition) is 3. The molecule has 3 aromatic rings. The van der Waals surface area contributed by atoms with Crippen molar-refractivity contribution in [2.45, 2.75) is 125 Å². The summed E-state index contributed by atoms with van der Waals surface area (Å²) in [4.78, 5) is 0. The zero-order valence-corrected chi connectivity index (χ0v) is 26.1. The van der Waals surface area contributed by atoms with Crippen LogP contribution >= 0.6 is 0 Å². The Morgan fingerprint density at radius 3 is 1.02 bits per heavy atom. The van der Waals surface area contributed by atoms with Crippen molar-refractivity contribution in [1.29, 1.82) is 0 Å². The van der Waals surface area contributed by atoms with Crippen LogP contribution < -0.4 is 0 Å². The number of aromatic hydroxyl groups is 3. The van der Waals surface area contributed by atoms with Crippen LogP contribution in [0, 0.1) is 20.8 Å². The van der Waals surface area contributed by atoms with Crippen molar-refractivity contribution in [1.82, 2.24) is 0 Å². The van der Waals surface area contributed by atoms with Crippen molar-refractivity contribution in [3.05, 3.63) is 86.5 Å². The third kappa shape index (κ3) is 6.04. The summed E-state index contributed by atoms with van der Waals surface area (Å²) in [5.74, 6) is 1.11. The Morgan fingerprint density at radius 2 is 0.775 bits per heavy atom. The lowest BCUT2D eigenvalue weighted by Crippen LogP contribution is -2.32. The van der Waals surface area contributed by atoms with Gasteiger partial charge in [0.2, 0.25) is 0 Å². The molecule has 3 nitrogen and oxygen atoms in total. The minimum atomic E-state index is -0.644. The van der Waals surface area contributed by atoms with Gasteiger partial charge < -0.3 is 15.3 Å². The molecule has 0 aliphatic carbocycles. The van der Waals surface area contributed by atoms with Gasteiger partial charge in [0.25, 0.3) is 0 Å². The van der Waals surface area contributed by atoms with Gasteiger partial charge in [-0.2, -0.15) is 0 Å². The lowest BCUT2D eigenvalue weighted by molar-refractivity contribution is 0.446. The van der Waals surface area contributed by atoms with Gasteiger partial charge >= 0.3 is 0 Å². The van der Waals surface area contributed by atoms with E-state index in [1.165, 1.54) is 0 Å². The molecule has 0 heterocycles. The van der Waals surface area contributed by atoms with E-state index in [1.54, 1.807) is 0 Å². The van der Waals surface area contributed by atoms with Crippen LogP contribution in [0.1, 0.15) is 129 Å². The van der Waals surface area contributed by atoms with Gasteiger partial charge in [-0.25, -0.2) is 0 Å². The lowest BCUT2D eigenvalue weighted by atomic mass is 9.63. The monoisotopic (exact) mass is 544 g/mol. The summed E-state index contributed by atoms with van der Waals surface area (Å²) in [5.41, 5.74) is 8.07. The van der Waals surface area contributed by atoms with Gasteiger partial charge in [-0.1, -0.05) is 89.8 Å². The molecule has 0 fully saturated rings. The summed E-state index contributed by atoms with van der Waals surface area (Å²) >= 11 is 0. The zero-order chi connectivity index (χ0) is 29.4. The molecule has 0 saturated carbocycles. The maximum Gasteiger partial charge on any atom is 0.121 e. The van der Waals surface area contributed by atoms with Crippen LogP contribution in [-0.2, 0) is 24.7 Å². The molecular weight excluding hydrogens is 492 g/mol. The molecule has 40 heavy (non-hydrogen) atoms. The number of unbranched alkanes of at least 4 members (excludes halogenated alkanes) is 3. The van der Waals surface area contributed by atoms with Crippen LogP contribution in [0.15, 0.2) is 36.4 Å². The van der Waals surface area contributed by atoms with Gasteiger partial charge in [-0.05, 0) is 116 Å². The fourth-order valence-corrected chi connectivity index (χ4v) is 6.58. The summed E-state index contributed by atoms with van der Waals surface area (Å²) in [6.45, 7) is 14.8. The Morgan fingerprint density at radius 1 is 0.475 bits per heavy atom. The van der Waals surface area contributed by atoms with E-state index in [4.69, 9.17) is 0 Å². The first-order chi connectivity index (χ1) is 19.2. The Hall–Kier alpha value is -2.94. The highest BCUT2D eigenvalue weighted by molar-refractivity contribution is 5.64. The molecule has 3 N–H and O–H groups in total. The predicted molar refractivity (Wildman–Crippen MR) is 169 cm³/mol. The van der Waals surface area contributed by atoms with Crippen LogP contribution in [0.4, 0.5) is 0 Å². The Balaban J connectivity index is 2.41. The molecule has 0 saturated heterocycles. The molecule has 0 bridgehead atoms. The van der Waals surface area contributed by atoms with E-state index in [0.29, 0.717) is 17.2 Å². The van der Waals surface area contributed by atoms with Crippen molar-refractivity contribution in [2.24, 2.45) is 0 Å². The number of hydrogen-bond donors (Lipinski definition) is 3. The molecule has 0 aliphatic heterocycles. The number of benzene rings is 3. The van der Waals surface area contributed by atoms with E-state index >= 15 is 0 Å². The standard InChI is InChI=1S/C37H52O3/c1-8-12-15-28-18-21-31(25(5)34(28)38)37(24-11-4,32-22-19-29(16-13-9-2)35(39)26(32)6)33-23-20-30(17-14-10-3)36(40)27(33)7/h18-23,38-40H,8-17,24H2,1-7H3. The van der Waals surface area contributed by atoms with Gasteiger partial charge in [-0.3, -0.25) is 0 Å². The first kappa shape index (κ1) is 31.6. The van der Waals surface area contributed by atoms with Crippen molar-refractivity contribution < 1.29 is 15.3 Å². The molecule has 3 rings (SSSR count). The molecule has 0 spiro atoms. The minimum Gasteiger partial charge on any atom is -0.507 e. The predicted octanol–water partition coefficient (Wildman–Crippen LogP) is 9.89. The van der Waals surface area contributed by atoms with Crippen molar-refractivity contribution in [2.75, 3.05) is 0 Å². The summed E-state index contributed by atoms with van der Waals surface area (Å²) in [7, 11) is 0. The van der Waals surface area contributed by atoms with E-state index in [-0.39, 0.29) is 0 Å². The zero-order valence-electron chi connectivity index (χ0n) is 26.1. The molecule has 0 atom stereocenters. The van der Waals surface area contributed by atoms with Crippen molar-refractivity contribution >= 4 is 0 Å². The van der Waals surface area contributed by atoms with Gasteiger partial charge in [0, 0.05) is 5.41 Å². The molecule has 0 aliphatic rings. The second-order valence-corrected chi connectivity index (χ2v) is 11.7. The topological polar surface area (TPSA) is 60.7 Å². The molecule has 0 amide bonds. The van der Waals surface area contributed by atoms with Gasteiger partial charge in [0.15, 0.2) is 0 Å². The van der Waals surface area contributed by atoms with Gasteiger partial charge in [-0.15, -0.1) is 0 Å².